The van der Waals surface area contributed by atoms with Crippen LogP contribution in [0.1, 0.15) is 89.3 Å². The Kier molecular flexibility index (Phi) is 34.6. The normalized spacial score (nSPS) is 16.3. The van der Waals surface area contributed by atoms with Crippen molar-refractivity contribution in [1.82, 2.24) is 20.0 Å². The molecule has 0 spiro atoms. The van der Waals surface area contributed by atoms with Crippen molar-refractivity contribution in [3.63, 3.8) is 0 Å². The van der Waals surface area contributed by atoms with Gasteiger partial charge in [0.2, 0.25) is 5.91 Å². The predicted molar refractivity (Wildman–Crippen MR) is 374 cm³/mol. The lowest BCUT2D eigenvalue weighted by Crippen LogP contribution is -2.35. The van der Waals surface area contributed by atoms with Gasteiger partial charge in [-0.25, -0.2) is 0 Å². The van der Waals surface area contributed by atoms with E-state index in [1.807, 2.05) is 25.1 Å². The zero-order valence-corrected chi connectivity index (χ0v) is 58.6. The number of hydrogen-bond acceptors (Lipinski definition) is 24. The molecule has 28 nitrogen and oxygen atoms in total. The summed E-state index contributed by atoms with van der Waals surface area (Å²) in [4.78, 5) is 82.4. The summed E-state index contributed by atoms with van der Waals surface area (Å²) in [7, 11) is 3.07. The molecule has 0 unspecified atom stereocenters. The van der Waals surface area contributed by atoms with Gasteiger partial charge in [-0.15, -0.1) is 0 Å². The Balaban J connectivity index is 0.612. The van der Waals surface area contributed by atoms with E-state index in [0.29, 0.717) is 261 Å². The summed E-state index contributed by atoms with van der Waals surface area (Å²) in [6.45, 7) is 21.6. The van der Waals surface area contributed by atoms with E-state index < -0.39 is 0 Å². The Labute approximate surface area is 591 Å². The molecule has 2 saturated heterocycles. The maximum Gasteiger partial charge on any atom is 0.257 e. The van der Waals surface area contributed by atoms with E-state index in [1.54, 1.807) is 46.5 Å². The highest BCUT2D eigenvalue weighted by molar-refractivity contribution is 6.13. The summed E-state index contributed by atoms with van der Waals surface area (Å²) in [5.41, 5.74) is 6.86. The first-order chi connectivity index (χ1) is 49.4. The van der Waals surface area contributed by atoms with Gasteiger partial charge in [-0.2, -0.15) is 0 Å². The van der Waals surface area contributed by atoms with E-state index >= 15 is 0 Å². The second kappa shape index (κ2) is 44.4. The molecule has 3 aromatic rings. The number of nitrogens with zero attached hydrogens (tertiary/aromatic N) is 6. The van der Waals surface area contributed by atoms with Crippen molar-refractivity contribution in [2.24, 2.45) is 15.1 Å². The number of oxime groups is 1. The monoisotopic (exact) mass is 1410 g/mol. The lowest BCUT2D eigenvalue weighted by atomic mass is 10.0. The van der Waals surface area contributed by atoms with Crippen LogP contribution in [0.3, 0.4) is 0 Å². The maximum absolute atomic E-state index is 13.7. The number of rotatable bonds is 53. The van der Waals surface area contributed by atoms with Gasteiger partial charge >= 0.3 is 0 Å². The Bertz CT molecular complexity index is 3160. The quantitative estimate of drug-likeness (QED) is 0.0201. The molecular formula is C73H99N7O21. The molecule has 5 aliphatic rings. The van der Waals surface area contributed by atoms with Crippen molar-refractivity contribution >= 4 is 59.1 Å². The van der Waals surface area contributed by atoms with Crippen LogP contribution in [-0.2, 0) is 84.5 Å². The fourth-order valence-corrected chi connectivity index (χ4v) is 11.2. The van der Waals surface area contributed by atoms with Crippen LogP contribution in [0.15, 0.2) is 94.1 Å². The fourth-order valence-electron chi connectivity index (χ4n) is 11.2. The number of benzene rings is 3. The molecule has 0 radical (unpaired) electrons. The van der Waals surface area contributed by atoms with Gasteiger partial charge in [-0.3, -0.25) is 38.9 Å². The molecule has 0 aliphatic carbocycles. The van der Waals surface area contributed by atoms with Crippen molar-refractivity contribution in [1.29, 1.82) is 0 Å². The van der Waals surface area contributed by atoms with Crippen LogP contribution >= 0.6 is 0 Å². The number of imide groups is 1. The summed E-state index contributed by atoms with van der Waals surface area (Å²) in [5.74, 6) is 0.729. The van der Waals surface area contributed by atoms with E-state index in [-0.39, 0.29) is 61.4 Å². The lowest BCUT2D eigenvalue weighted by molar-refractivity contribution is -0.137. The molecule has 101 heavy (non-hydrogen) atoms. The number of carbonyl (C=O) groups is 5. The molecule has 0 bridgehead atoms. The minimum Gasteiger partial charge on any atom is -0.493 e. The van der Waals surface area contributed by atoms with Crippen LogP contribution in [0.5, 0.6) is 23.0 Å². The summed E-state index contributed by atoms with van der Waals surface area (Å²) >= 11 is 0. The number of unbranched alkanes of at least 4 members (excludes halogenated alkanes) is 2. The molecule has 0 saturated carbocycles. The van der Waals surface area contributed by atoms with Crippen molar-refractivity contribution < 1.29 is 99.9 Å². The van der Waals surface area contributed by atoms with Crippen molar-refractivity contribution in [3.05, 3.63) is 107 Å². The molecule has 0 aromatic heterocycles. The van der Waals surface area contributed by atoms with E-state index in [0.717, 1.165) is 34.3 Å². The summed E-state index contributed by atoms with van der Waals surface area (Å²) in [6, 6.07) is 12.5. The molecule has 2 fully saturated rings. The number of ether oxygens (including phenoxy) is 15. The molecule has 2 atom stereocenters. The van der Waals surface area contributed by atoms with Crippen LogP contribution in [0, 0.1) is 0 Å². The van der Waals surface area contributed by atoms with Crippen LogP contribution in [0.25, 0.3) is 0 Å². The van der Waals surface area contributed by atoms with E-state index in [9.17, 15) is 24.0 Å². The largest absolute Gasteiger partial charge is 0.493 e. The predicted octanol–water partition coefficient (Wildman–Crippen LogP) is 6.75. The average Bonchev–Trinajstić information content (AvgIpc) is 1.69. The Morgan fingerprint density at radius 2 is 0.901 bits per heavy atom. The van der Waals surface area contributed by atoms with Gasteiger partial charge in [0.05, 0.1) is 200 Å². The first-order valence-corrected chi connectivity index (χ1v) is 34.6. The summed E-state index contributed by atoms with van der Waals surface area (Å²) in [6.07, 6.45) is 10.5. The Morgan fingerprint density at radius 3 is 1.30 bits per heavy atom. The van der Waals surface area contributed by atoms with Crippen LogP contribution in [-0.4, -0.2) is 267 Å². The zero-order chi connectivity index (χ0) is 71.2. The van der Waals surface area contributed by atoms with Crippen molar-refractivity contribution in [2.75, 3.05) is 192 Å². The van der Waals surface area contributed by atoms with Gasteiger partial charge in [0.1, 0.15) is 19.8 Å². The fraction of sp³-hybridized carbons (Fsp3) is 0.562. The second-order valence-electron chi connectivity index (χ2n) is 23.9. The molecule has 8 rings (SSSR count). The highest BCUT2D eigenvalue weighted by Gasteiger charge is 2.36. The molecule has 3 aromatic carbocycles. The summed E-state index contributed by atoms with van der Waals surface area (Å²) in [5, 5.41) is 7.35. The number of carbonyl (C=O) groups excluding carboxylic acids is 5. The third-order valence-corrected chi connectivity index (χ3v) is 16.4. The van der Waals surface area contributed by atoms with Crippen molar-refractivity contribution in [2.45, 2.75) is 77.2 Å². The molecule has 5 amide bonds. The van der Waals surface area contributed by atoms with Crippen LogP contribution in [0.2, 0.25) is 0 Å². The molecule has 5 heterocycles. The molecule has 552 valence electrons. The Morgan fingerprint density at radius 1 is 0.505 bits per heavy atom. The minimum absolute atomic E-state index is 0.0541. The van der Waals surface area contributed by atoms with Gasteiger partial charge in [-0.1, -0.05) is 42.8 Å². The van der Waals surface area contributed by atoms with E-state index in [2.05, 4.69) is 23.6 Å². The van der Waals surface area contributed by atoms with E-state index in [4.69, 9.17) is 85.9 Å². The highest BCUT2D eigenvalue weighted by Crippen LogP contribution is 2.41. The molecular weight excluding hydrogens is 1310 g/mol. The SMILES string of the molecule is C=C1C[C@H]2C=Nc3cc(OCc4cc(COc5cc6c(cc5OC)C(=O)N5CC(=C)C[C@H]5C=N6)cc(/C(CC)=N/OCCOCCOCCOCCOCCOCCOCCOCCOCCOCCOCCOCCNC(=O)CCCCCN5C(=O)C=CC5=O)c4)c(OC)cc3C(=O)N2C1. The number of aliphatic imine (C=N–C) groups is 2. The smallest absolute Gasteiger partial charge is 0.257 e. The minimum atomic E-state index is -0.280. The van der Waals surface area contributed by atoms with Crippen LogP contribution in [0.4, 0.5) is 11.4 Å². The highest BCUT2D eigenvalue weighted by atomic mass is 16.6. The first kappa shape index (κ1) is 78.7. The molecule has 1 N–H and O–H groups in total. The second-order valence-corrected chi connectivity index (χ2v) is 23.9. The standard InChI is InChI=1S/C73H99N7O21/c1-6-62(57-41-55(51-99-67-45-63-60(43-65(67)86-4)72(84)79-49-53(2)38-58(79)47-75-63)40-56(42-57)52-100-68-46-64-61(44-66(68)87-5)73(85)80-50-54(3)39-59(80)48-76-64)77-101-37-36-98-35-34-97-33-32-96-31-30-95-29-28-94-27-26-93-25-24-92-23-22-91-21-20-90-19-18-89-17-16-88-15-13-74-69(81)10-8-7-9-14-78-70(82)11-12-71(78)83/h11-12,40-48,58-59H,2-3,6-10,13-39,49-52H2,1,4-5H3,(H,74,81)/b77-62+/t58-,59-/m0/s1. The average molecular weight is 1410 g/mol. The van der Waals surface area contributed by atoms with Crippen molar-refractivity contribution in [3.8, 4) is 23.0 Å². The first-order valence-electron chi connectivity index (χ1n) is 34.6. The third kappa shape index (κ3) is 26.4. The lowest BCUT2D eigenvalue weighted by Gasteiger charge is -2.20. The third-order valence-electron chi connectivity index (χ3n) is 16.4. The maximum atomic E-state index is 13.7. The van der Waals surface area contributed by atoms with E-state index in [1.165, 1.54) is 31.3 Å². The zero-order valence-electron chi connectivity index (χ0n) is 58.6. The number of nitrogens with one attached hydrogen (secondary N) is 1. The van der Waals surface area contributed by atoms with Gasteiger partial charge in [0.15, 0.2) is 23.0 Å². The number of amides is 5. The van der Waals surface area contributed by atoms with Gasteiger partial charge in [0, 0.05) is 74.9 Å². The van der Waals surface area contributed by atoms with Gasteiger partial charge < -0.3 is 91.0 Å². The Hall–Kier alpha value is -8.00. The summed E-state index contributed by atoms with van der Waals surface area (Å²) < 4.78 is 85.8. The molecule has 28 heteroatoms. The number of fused-ring (bicyclic) bond motifs is 4. The molecule has 5 aliphatic heterocycles. The van der Waals surface area contributed by atoms with Gasteiger partial charge in [-0.05, 0) is 73.6 Å². The number of hydrogen-bond donors (Lipinski definition) is 1. The van der Waals surface area contributed by atoms with Gasteiger partial charge in [0.25, 0.3) is 23.6 Å². The topological polar surface area (TPSA) is 292 Å². The number of methoxy groups -OCH3 is 2. The van der Waals surface area contributed by atoms with Crippen LogP contribution < -0.4 is 24.3 Å².